The number of benzene rings is 1. The molecule has 0 aromatic heterocycles. The molecule has 3 N–H and O–H groups in total. The van der Waals surface area contributed by atoms with Gasteiger partial charge >= 0.3 is 6.18 Å². The van der Waals surface area contributed by atoms with Gasteiger partial charge in [-0.25, -0.2) is 0 Å². The van der Waals surface area contributed by atoms with Gasteiger partial charge in [-0.05, 0) is 44.0 Å². The Morgan fingerprint density at radius 3 is 2.22 bits per heavy atom. The van der Waals surface area contributed by atoms with Crippen LogP contribution in [0.2, 0.25) is 0 Å². The number of alkyl halides is 3. The second-order valence-electron chi connectivity index (χ2n) is 4.45. The van der Waals surface area contributed by atoms with Crippen molar-refractivity contribution in [3.8, 4) is 0 Å². The van der Waals surface area contributed by atoms with Crippen LogP contribution in [0.3, 0.4) is 0 Å². The van der Waals surface area contributed by atoms with Crippen molar-refractivity contribution in [1.82, 2.24) is 0 Å². The maximum Gasteiger partial charge on any atom is 0.415 e. The van der Waals surface area contributed by atoms with E-state index in [1.807, 2.05) is 6.92 Å². The SMILES string of the molecule is Cc1ccc(NC(=O)C(C)(N)C(F)(F)F)cc1C. The quantitative estimate of drug-likeness (QED) is 0.858. The highest BCUT2D eigenvalue weighted by molar-refractivity contribution is 5.98. The highest BCUT2D eigenvalue weighted by Gasteiger charge is 2.53. The average molecular weight is 260 g/mol. The largest absolute Gasteiger partial charge is 0.415 e. The standard InChI is InChI=1S/C12H15F3N2O/c1-7-4-5-9(6-8(7)2)17-10(18)11(3,16)12(13,14)15/h4-6H,16H2,1-3H3,(H,17,18). The summed E-state index contributed by atoms with van der Waals surface area (Å²) in [4.78, 5) is 11.5. The Hall–Kier alpha value is -1.56. The zero-order chi connectivity index (χ0) is 14.1. The second kappa shape index (κ2) is 4.61. The summed E-state index contributed by atoms with van der Waals surface area (Å²) in [6, 6.07) is 4.85. The van der Waals surface area contributed by atoms with Gasteiger partial charge in [0, 0.05) is 5.69 Å². The van der Waals surface area contributed by atoms with Crippen molar-refractivity contribution in [2.75, 3.05) is 5.32 Å². The second-order valence-corrected chi connectivity index (χ2v) is 4.45. The first-order chi connectivity index (χ1) is 8.05. The van der Waals surface area contributed by atoms with Crippen LogP contribution in [0.25, 0.3) is 0 Å². The number of amides is 1. The Morgan fingerprint density at radius 2 is 1.78 bits per heavy atom. The predicted octanol–water partition coefficient (Wildman–Crippen LogP) is 2.52. The highest BCUT2D eigenvalue weighted by atomic mass is 19.4. The van der Waals surface area contributed by atoms with Gasteiger partial charge in [0.25, 0.3) is 5.91 Å². The third-order valence-corrected chi connectivity index (χ3v) is 2.83. The molecule has 1 amide bonds. The third kappa shape index (κ3) is 2.81. The van der Waals surface area contributed by atoms with E-state index < -0.39 is 17.6 Å². The van der Waals surface area contributed by atoms with E-state index >= 15 is 0 Å². The smallest absolute Gasteiger partial charge is 0.324 e. The van der Waals surface area contributed by atoms with Gasteiger partial charge in [0.2, 0.25) is 0 Å². The summed E-state index contributed by atoms with van der Waals surface area (Å²) in [6.45, 7) is 4.31. The minimum Gasteiger partial charge on any atom is -0.324 e. The van der Waals surface area contributed by atoms with Crippen LogP contribution in [0.1, 0.15) is 18.1 Å². The molecule has 1 unspecified atom stereocenters. The summed E-state index contributed by atoms with van der Waals surface area (Å²) >= 11 is 0. The molecule has 0 heterocycles. The molecule has 1 aromatic carbocycles. The molecule has 0 saturated heterocycles. The number of hydrogen-bond donors (Lipinski definition) is 2. The number of halogens is 3. The summed E-state index contributed by atoms with van der Waals surface area (Å²) in [5.41, 5.74) is 4.26. The van der Waals surface area contributed by atoms with Crippen molar-refractivity contribution in [1.29, 1.82) is 0 Å². The maximum absolute atomic E-state index is 12.5. The predicted molar refractivity (Wildman–Crippen MR) is 63.2 cm³/mol. The molecular weight excluding hydrogens is 245 g/mol. The number of carbonyl (C=O) groups excluding carboxylic acids is 1. The van der Waals surface area contributed by atoms with Crippen molar-refractivity contribution in [2.24, 2.45) is 5.73 Å². The lowest BCUT2D eigenvalue weighted by atomic mass is 10.0. The summed E-state index contributed by atoms with van der Waals surface area (Å²) in [6.07, 6.45) is -4.79. The van der Waals surface area contributed by atoms with Crippen LogP contribution in [0.15, 0.2) is 18.2 Å². The van der Waals surface area contributed by atoms with E-state index in [1.54, 1.807) is 19.1 Å². The van der Waals surface area contributed by atoms with Crippen LogP contribution in [0, 0.1) is 13.8 Å². The fourth-order valence-corrected chi connectivity index (χ4v) is 1.21. The van der Waals surface area contributed by atoms with Crippen molar-refractivity contribution in [3.63, 3.8) is 0 Å². The number of nitrogens with two attached hydrogens (primary N) is 1. The average Bonchev–Trinajstić information content (AvgIpc) is 2.21. The van der Waals surface area contributed by atoms with Crippen LogP contribution in [-0.2, 0) is 4.79 Å². The molecule has 1 aromatic rings. The number of aryl methyl sites for hydroxylation is 2. The minimum atomic E-state index is -4.79. The molecule has 0 aliphatic heterocycles. The number of rotatable bonds is 2. The normalized spacial score (nSPS) is 15.1. The Labute approximate surface area is 103 Å². The Kier molecular flexibility index (Phi) is 3.71. The van der Waals surface area contributed by atoms with E-state index in [0.717, 1.165) is 11.1 Å². The number of hydrogen-bond acceptors (Lipinski definition) is 2. The number of nitrogens with one attached hydrogen (secondary N) is 1. The summed E-state index contributed by atoms with van der Waals surface area (Å²) in [5, 5.41) is 2.17. The zero-order valence-electron chi connectivity index (χ0n) is 10.4. The van der Waals surface area contributed by atoms with Crippen LogP contribution >= 0.6 is 0 Å². The summed E-state index contributed by atoms with van der Waals surface area (Å²) in [5.74, 6) is -1.28. The molecule has 6 heteroatoms. The highest BCUT2D eigenvalue weighted by Crippen LogP contribution is 2.29. The van der Waals surface area contributed by atoms with E-state index in [0.29, 0.717) is 12.6 Å². The Bertz CT molecular complexity index is 467. The molecule has 0 saturated carbocycles. The molecule has 0 aliphatic rings. The molecule has 0 fully saturated rings. The van der Waals surface area contributed by atoms with Crippen molar-refractivity contribution in [3.05, 3.63) is 29.3 Å². The summed E-state index contributed by atoms with van der Waals surface area (Å²) < 4.78 is 37.6. The van der Waals surface area contributed by atoms with Crippen molar-refractivity contribution >= 4 is 11.6 Å². The van der Waals surface area contributed by atoms with Crippen LogP contribution < -0.4 is 11.1 Å². The fourth-order valence-electron chi connectivity index (χ4n) is 1.21. The van der Waals surface area contributed by atoms with E-state index in [2.05, 4.69) is 5.32 Å². The maximum atomic E-state index is 12.5. The van der Waals surface area contributed by atoms with Gasteiger partial charge in [-0.2, -0.15) is 13.2 Å². The molecule has 100 valence electrons. The Balaban J connectivity index is 2.91. The third-order valence-electron chi connectivity index (χ3n) is 2.83. The first-order valence-corrected chi connectivity index (χ1v) is 5.30. The molecule has 0 radical (unpaired) electrons. The first kappa shape index (κ1) is 14.5. The van der Waals surface area contributed by atoms with Crippen molar-refractivity contribution < 1.29 is 18.0 Å². The lowest BCUT2D eigenvalue weighted by Crippen LogP contribution is -2.59. The fraction of sp³-hybridized carbons (Fsp3) is 0.417. The Morgan fingerprint density at radius 1 is 1.22 bits per heavy atom. The molecule has 0 aliphatic carbocycles. The molecule has 0 bridgehead atoms. The summed E-state index contributed by atoms with van der Waals surface area (Å²) in [7, 11) is 0. The number of carbonyl (C=O) groups is 1. The van der Waals surface area contributed by atoms with Gasteiger partial charge in [0.15, 0.2) is 5.54 Å². The molecule has 1 atom stereocenters. The van der Waals surface area contributed by atoms with E-state index in [1.165, 1.54) is 6.07 Å². The van der Waals surface area contributed by atoms with Crippen molar-refractivity contribution in [2.45, 2.75) is 32.5 Å². The zero-order valence-corrected chi connectivity index (χ0v) is 10.4. The van der Waals surface area contributed by atoms with Crippen LogP contribution in [0.5, 0.6) is 0 Å². The molecular formula is C12H15F3N2O. The van der Waals surface area contributed by atoms with Gasteiger partial charge in [-0.3, -0.25) is 4.79 Å². The van der Waals surface area contributed by atoms with Gasteiger partial charge in [0.1, 0.15) is 0 Å². The molecule has 18 heavy (non-hydrogen) atoms. The van der Waals surface area contributed by atoms with Gasteiger partial charge in [-0.15, -0.1) is 0 Å². The van der Waals surface area contributed by atoms with E-state index in [9.17, 15) is 18.0 Å². The molecule has 0 spiro atoms. The lowest BCUT2D eigenvalue weighted by molar-refractivity contribution is -0.184. The molecule has 1 rings (SSSR count). The lowest BCUT2D eigenvalue weighted by Gasteiger charge is -2.26. The monoisotopic (exact) mass is 260 g/mol. The minimum absolute atomic E-state index is 0.295. The van der Waals surface area contributed by atoms with E-state index in [4.69, 9.17) is 5.73 Å². The van der Waals surface area contributed by atoms with Crippen LogP contribution in [-0.4, -0.2) is 17.6 Å². The molecule has 3 nitrogen and oxygen atoms in total. The first-order valence-electron chi connectivity index (χ1n) is 5.30. The van der Waals surface area contributed by atoms with Gasteiger partial charge in [0.05, 0.1) is 0 Å². The van der Waals surface area contributed by atoms with E-state index in [-0.39, 0.29) is 0 Å². The van der Waals surface area contributed by atoms with Crippen LogP contribution in [0.4, 0.5) is 18.9 Å². The van der Waals surface area contributed by atoms with Gasteiger partial charge in [-0.1, -0.05) is 6.07 Å². The topological polar surface area (TPSA) is 55.1 Å². The van der Waals surface area contributed by atoms with Gasteiger partial charge < -0.3 is 11.1 Å². The number of anilines is 1.